The molecule has 1 aliphatic heterocycles. The standard InChI is InChI=1S/C19H23N3O5/c1-26-15-6-5-12(8-16(15)27-2)18(24)13-4-3-7-22(10-13)11-14-9-17(23)21-19(25)20-14/h5-6,8-9,13H,3-4,7,10-11H2,1-2H3,(H2,20,21,23,25)/t13-/m1/s1. The molecule has 8 nitrogen and oxygen atoms in total. The van der Waals surface area contributed by atoms with Crippen molar-refractivity contribution in [1.82, 2.24) is 14.9 Å². The molecule has 3 rings (SSSR count). The van der Waals surface area contributed by atoms with Gasteiger partial charge in [0.05, 0.1) is 14.2 Å². The monoisotopic (exact) mass is 373 g/mol. The number of nitrogens with zero attached hydrogens (tertiary/aromatic N) is 1. The van der Waals surface area contributed by atoms with E-state index >= 15 is 0 Å². The van der Waals surface area contributed by atoms with E-state index in [2.05, 4.69) is 14.9 Å². The molecule has 2 aromatic rings. The molecule has 144 valence electrons. The maximum atomic E-state index is 12.9. The Bertz CT molecular complexity index is 905. The van der Waals surface area contributed by atoms with E-state index in [0.29, 0.717) is 35.8 Å². The van der Waals surface area contributed by atoms with Gasteiger partial charge in [-0.05, 0) is 37.6 Å². The molecule has 2 N–H and O–H groups in total. The minimum Gasteiger partial charge on any atom is -0.493 e. The van der Waals surface area contributed by atoms with Crippen LogP contribution in [0.1, 0.15) is 28.9 Å². The molecule has 1 fully saturated rings. The van der Waals surface area contributed by atoms with Gasteiger partial charge in [0.15, 0.2) is 17.3 Å². The summed E-state index contributed by atoms with van der Waals surface area (Å²) < 4.78 is 10.5. The quantitative estimate of drug-likeness (QED) is 0.737. The topological polar surface area (TPSA) is 104 Å². The van der Waals surface area contributed by atoms with Crippen molar-refractivity contribution in [2.75, 3.05) is 27.3 Å². The van der Waals surface area contributed by atoms with Crippen LogP contribution < -0.4 is 20.7 Å². The summed E-state index contributed by atoms with van der Waals surface area (Å²) in [5, 5.41) is 0. The van der Waals surface area contributed by atoms with Gasteiger partial charge in [-0.25, -0.2) is 4.79 Å². The summed E-state index contributed by atoms with van der Waals surface area (Å²) in [7, 11) is 3.09. The lowest BCUT2D eigenvalue weighted by molar-refractivity contribution is 0.0809. The van der Waals surface area contributed by atoms with Crippen molar-refractivity contribution < 1.29 is 14.3 Å². The zero-order valence-electron chi connectivity index (χ0n) is 15.4. The highest BCUT2D eigenvalue weighted by atomic mass is 16.5. The van der Waals surface area contributed by atoms with Crippen molar-refractivity contribution in [1.29, 1.82) is 0 Å². The predicted molar refractivity (Wildman–Crippen MR) is 99.6 cm³/mol. The minimum absolute atomic E-state index is 0.0556. The zero-order valence-corrected chi connectivity index (χ0v) is 15.4. The molecule has 0 amide bonds. The van der Waals surface area contributed by atoms with Crippen molar-refractivity contribution in [3.05, 3.63) is 56.4 Å². The second-order valence-corrected chi connectivity index (χ2v) is 6.62. The van der Waals surface area contributed by atoms with Gasteiger partial charge in [0, 0.05) is 36.3 Å². The van der Waals surface area contributed by atoms with Crippen molar-refractivity contribution >= 4 is 5.78 Å². The molecule has 8 heteroatoms. The highest BCUT2D eigenvalue weighted by Gasteiger charge is 2.27. The van der Waals surface area contributed by atoms with E-state index in [4.69, 9.17) is 9.47 Å². The van der Waals surface area contributed by atoms with Crippen molar-refractivity contribution in [2.24, 2.45) is 5.92 Å². The maximum Gasteiger partial charge on any atom is 0.325 e. The first-order valence-electron chi connectivity index (χ1n) is 8.81. The fraction of sp³-hybridized carbons (Fsp3) is 0.421. The van der Waals surface area contributed by atoms with Gasteiger partial charge in [0.1, 0.15) is 0 Å². The van der Waals surface area contributed by atoms with Crippen LogP contribution in [-0.4, -0.2) is 48.0 Å². The van der Waals surface area contributed by atoms with Crippen LogP contribution >= 0.6 is 0 Å². The Morgan fingerprint density at radius 1 is 1.15 bits per heavy atom. The number of ketones is 1. The van der Waals surface area contributed by atoms with Gasteiger partial charge in [0.2, 0.25) is 0 Å². The first-order chi connectivity index (χ1) is 13.0. The Morgan fingerprint density at radius 2 is 1.93 bits per heavy atom. The van der Waals surface area contributed by atoms with E-state index in [1.165, 1.54) is 13.2 Å². The molecule has 1 aromatic heterocycles. The van der Waals surface area contributed by atoms with E-state index in [9.17, 15) is 14.4 Å². The maximum absolute atomic E-state index is 12.9. The van der Waals surface area contributed by atoms with E-state index < -0.39 is 11.2 Å². The number of ether oxygens (including phenoxy) is 2. The Labute approximate surface area is 156 Å². The molecule has 0 saturated carbocycles. The molecular formula is C19H23N3O5. The van der Waals surface area contributed by atoms with E-state index in [1.807, 2.05) is 0 Å². The third-order valence-corrected chi connectivity index (χ3v) is 4.75. The van der Waals surface area contributed by atoms with Crippen LogP contribution in [0.15, 0.2) is 33.9 Å². The van der Waals surface area contributed by atoms with Crippen LogP contribution in [0.25, 0.3) is 0 Å². The number of Topliss-reactive ketones (excluding diaryl/α,β-unsaturated/α-hetero) is 1. The fourth-order valence-electron chi connectivity index (χ4n) is 3.48. The van der Waals surface area contributed by atoms with Crippen molar-refractivity contribution in [2.45, 2.75) is 19.4 Å². The molecule has 1 saturated heterocycles. The lowest BCUT2D eigenvalue weighted by Crippen LogP contribution is -2.39. The Morgan fingerprint density at radius 3 is 2.63 bits per heavy atom. The van der Waals surface area contributed by atoms with Crippen molar-refractivity contribution in [3.8, 4) is 11.5 Å². The molecule has 2 heterocycles. The van der Waals surface area contributed by atoms with Gasteiger partial charge >= 0.3 is 5.69 Å². The number of carbonyl (C=O) groups excluding carboxylic acids is 1. The number of methoxy groups -OCH3 is 2. The van der Waals surface area contributed by atoms with Gasteiger partial charge in [-0.2, -0.15) is 0 Å². The van der Waals surface area contributed by atoms with E-state index in [1.54, 1.807) is 25.3 Å². The number of aromatic amines is 2. The number of rotatable bonds is 6. The van der Waals surface area contributed by atoms with E-state index in [-0.39, 0.29) is 11.7 Å². The third-order valence-electron chi connectivity index (χ3n) is 4.75. The molecule has 0 radical (unpaired) electrons. The summed E-state index contributed by atoms with van der Waals surface area (Å²) in [6.07, 6.45) is 1.67. The normalized spacial score (nSPS) is 17.5. The molecule has 27 heavy (non-hydrogen) atoms. The summed E-state index contributed by atoms with van der Waals surface area (Å²) in [6, 6.07) is 6.56. The van der Waals surface area contributed by atoms with Gasteiger partial charge < -0.3 is 14.5 Å². The number of aromatic nitrogens is 2. The van der Waals surface area contributed by atoms with E-state index in [0.717, 1.165) is 19.4 Å². The molecule has 0 bridgehead atoms. The van der Waals surface area contributed by atoms with Crippen molar-refractivity contribution in [3.63, 3.8) is 0 Å². The molecule has 1 aromatic carbocycles. The van der Waals surface area contributed by atoms with Gasteiger partial charge in [-0.3, -0.25) is 19.5 Å². The highest BCUT2D eigenvalue weighted by molar-refractivity contribution is 5.98. The van der Waals surface area contributed by atoms with Crippen LogP contribution in [0.4, 0.5) is 0 Å². The number of nitrogens with one attached hydrogen (secondary N) is 2. The number of piperidine rings is 1. The lowest BCUT2D eigenvalue weighted by atomic mass is 9.89. The first kappa shape index (κ1) is 18.9. The van der Waals surface area contributed by atoms with Gasteiger partial charge in [0.25, 0.3) is 5.56 Å². The number of hydrogen-bond donors (Lipinski definition) is 2. The van der Waals surface area contributed by atoms with Crippen LogP contribution in [0.3, 0.4) is 0 Å². The van der Waals surface area contributed by atoms with Gasteiger partial charge in [-0.15, -0.1) is 0 Å². The highest BCUT2D eigenvalue weighted by Crippen LogP contribution is 2.30. The predicted octanol–water partition coefficient (Wildman–Crippen LogP) is 1.18. The summed E-state index contributed by atoms with van der Waals surface area (Å²) in [4.78, 5) is 42.7. The summed E-state index contributed by atoms with van der Waals surface area (Å²) in [6.45, 7) is 1.81. The largest absolute Gasteiger partial charge is 0.493 e. The Hall–Kier alpha value is -2.87. The summed E-state index contributed by atoms with van der Waals surface area (Å²) in [5.74, 6) is 1.01. The molecular weight excluding hydrogens is 350 g/mol. The van der Waals surface area contributed by atoms with Crippen LogP contribution in [-0.2, 0) is 6.54 Å². The van der Waals surface area contributed by atoms with Crippen LogP contribution in [0.2, 0.25) is 0 Å². The molecule has 0 aliphatic carbocycles. The lowest BCUT2D eigenvalue weighted by Gasteiger charge is -2.31. The number of benzene rings is 1. The average Bonchev–Trinajstić information content (AvgIpc) is 2.66. The third kappa shape index (κ3) is 4.46. The smallest absolute Gasteiger partial charge is 0.325 e. The van der Waals surface area contributed by atoms with Crippen LogP contribution in [0, 0.1) is 5.92 Å². The molecule has 1 aliphatic rings. The summed E-state index contributed by atoms with van der Waals surface area (Å²) in [5.41, 5.74) is 0.184. The number of hydrogen-bond acceptors (Lipinski definition) is 6. The fourth-order valence-corrected chi connectivity index (χ4v) is 3.48. The average molecular weight is 373 g/mol. The summed E-state index contributed by atoms with van der Waals surface area (Å²) >= 11 is 0. The Balaban J connectivity index is 1.72. The minimum atomic E-state index is -0.521. The Kier molecular flexibility index (Phi) is 5.75. The molecule has 0 unspecified atom stereocenters. The first-order valence-corrected chi connectivity index (χ1v) is 8.81. The number of carbonyl (C=O) groups is 1. The van der Waals surface area contributed by atoms with Crippen LogP contribution in [0.5, 0.6) is 11.5 Å². The molecule has 0 spiro atoms. The zero-order chi connectivity index (χ0) is 19.4. The second-order valence-electron chi connectivity index (χ2n) is 6.62. The van der Waals surface area contributed by atoms with Gasteiger partial charge in [-0.1, -0.05) is 0 Å². The number of likely N-dealkylation sites (tertiary alicyclic amines) is 1. The SMILES string of the molecule is COc1ccc(C(=O)[C@@H]2CCCN(Cc3cc(=O)[nH]c(=O)[nH]3)C2)cc1OC. The number of H-pyrrole nitrogens is 2. The second kappa shape index (κ2) is 8.22. The molecule has 1 atom stereocenters.